The Kier molecular flexibility index (Phi) is 5.11. The number of carbonyl (C=O) groups is 1. The van der Waals surface area contributed by atoms with E-state index in [4.69, 9.17) is 4.74 Å². The molecular weight excluding hydrogens is 294 g/mol. The van der Waals surface area contributed by atoms with Gasteiger partial charge in [0.2, 0.25) is 10.0 Å². The lowest BCUT2D eigenvalue weighted by molar-refractivity contribution is 0.149. The van der Waals surface area contributed by atoms with Crippen LogP contribution in [0, 0.1) is 5.41 Å². The zero-order valence-electron chi connectivity index (χ0n) is 12.8. The Morgan fingerprint density at radius 3 is 2.48 bits per heavy atom. The molecule has 2 rings (SSSR count). The topological polar surface area (TPSA) is 79.0 Å². The predicted octanol–water partition coefficient (Wildman–Crippen LogP) is 0.0899. The molecule has 2 aliphatic heterocycles. The van der Waals surface area contributed by atoms with Crippen molar-refractivity contribution < 1.29 is 17.9 Å². The first-order chi connectivity index (χ1) is 9.86. The molecule has 0 spiro atoms. The van der Waals surface area contributed by atoms with Gasteiger partial charge in [0.25, 0.3) is 0 Å². The van der Waals surface area contributed by atoms with E-state index in [-0.39, 0.29) is 17.2 Å². The van der Waals surface area contributed by atoms with Gasteiger partial charge in [-0.25, -0.2) is 13.2 Å². The molecule has 0 bridgehead atoms. The number of urea groups is 1. The Hall–Kier alpha value is -0.860. The van der Waals surface area contributed by atoms with Crippen molar-refractivity contribution in [1.29, 1.82) is 0 Å². The second kappa shape index (κ2) is 6.50. The Morgan fingerprint density at radius 1 is 1.29 bits per heavy atom. The minimum absolute atomic E-state index is 0.0169. The Balaban J connectivity index is 1.78. The minimum Gasteiger partial charge on any atom is -0.381 e. The fourth-order valence-electron chi connectivity index (χ4n) is 2.60. The average Bonchev–Trinajstić information content (AvgIpc) is 2.92. The van der Waals surface area contributed by atoms with Crippen LogP contribution >= 0.6 is 0 Å². The number of amides is 2. The zero-order chi connectivity index (χ0) is 15.5. The maximum Gasteiger partial charge on any atom is 0.317 e. The van der Waals surface area contributed by atoms with Gasteiger partial charge in [0.15, 0.2) is 0 Å². The SMILES string of the molecule is CCS(=O)(=O)N1CCN(C(=O)NCC2(C)CCOC2)CC1. The highest BCUT2D eigenvalue weighted by molar-refractivity contribution is 7.89. The average molecular weight is 319 g/mol. The molecule has 122 valence electrons. The Morgan fingerprint density at radius 2 is 1.95 bits per heavy atom. The molecule has 2 fully saturated rings. The minimum atomic E-state index is -3.15. The van der Waals surface area contributed by atoms with Gasteiger partial charge in [-0.05, 0) is 13.3 Å². The summed E-state index contributed by atoms with van der Waals surface area (Å²) in [6, 6.07) is -0.114. The summed E-state index contributed by atoms with van der Waals surface area (Å²) in [5.41, 5.74) is 0.0169. The summed E-state index contributed by atoms with van der Waals surface area (Å²) in [6.45, 7) is 7.41. The van der Waals surface area contributed by atoms with Gasteiger partial charge in [0.1, 0.15) is 0 Å². The van der Waals surface area contributed by atoms with Crippen molar-refractivity contribution in [3.8, 4) is 0 Å². The first kappa shape index (κ1) is 16.5. The van der Waals surface area contributed by atoms with E-state index in [1.165, 1.54) is 4.31 Å². The van der Waals surface area contributed by atoms with Crippen LogP contribution in [0.3, 0.4) is 0 Å². The van der Waals surface area contributed by atoms with E-state index in [1.54, 1.807) is 11.8 Å². The van der Waals surface area contributed by atoms with E-state index >= 15 is 0 Å². The molecule has 2 heterocycles. The fraction of sp³-hybridized carbons (Fsp3) is 0.923. The molecule has 2 aliphatic rings. The molecule has 8 heteroatoms. The van der Waals surface area contributed by atoms with Crippen LogP contribution in [0.5, 0.6) is 0 Å². The van der Waals surface area contributed by atoms with Crippen LogP contribution in [0.4, 0.5) is 4.79 Å². The summed E-state index contributed by atoms with van der Waals surface area (Å²) < 4.78 is 30.4. The second-order valence-electron chi connectivity index (χ2n) is 6.06. The molecular formula is C13H25N3O4S. The van der Waals surface area contributed by atoms with Crippen LogP contribution in [-0.2, 0) is 14.8 Å². The van der Waals surface area contributed by atoms with Crippen LogP contribution in [-0.4, -0.2) is 75.3 Å². The Labute approximate surface area is 126 Å². The van der Waals surface area contributed by atoms with Crippen LogP contribution in [0.2, 0.25) is 0 Å². The fourth-order valence-corrected chi connectivity index (χ4v) is 3.69. The smallest absolute Gasteiger partial charge is 0.317 e. The monoisotopic (exact) mass is 319 g/mol. The van der Waals surface area contributed by atoms with Crippen LogP contribution in [0.15, 0.2) is 0 Å². The quantitative estimate of drug-likeness (QED) is 0.796. The van der Waals surface area contributed by atoms with Gasteiger partial charge in [-0.2, -0.15) is 4.31 Å². The van der Waals surface area contributed by atoms with Crippen LogP contribution in [0.1, 0.15) is 20.3 Å². The maximum atomic E-state index is 12.1. The molecule has 7 nitrogen and oxygen atoms in total. The van der Waals surface area contributed by atoms with Gasteiger partial charge in [0, 0.05) is 44.7 Å². The van der Waals surface area contributed by atoms with E-state index in [1.807, 2.05) is 0 Å². The summed E-state index contributed by atoms with van der Waals surface area (Å²) in [5.74, 6) is 0.109. The van der Waals surface area contributed by atoms with Crippen molar-refractivity contribution in [2.75, 3.05) is 51.7 Å². The zero-order valence-corrected chi connectivity index (χ0v) is 13.6. The van der Waals surface area contributed by atoms with E-state index in [0.717, 1.165) is 13.0 Å². The molecule has 2 saturated heterocycles. The number of piperazine rings is 1. The van der Waals surface area contributed by atoms with Crippen LogP contribution in [0.25, 0.3) is 0 Å². The summed E-state index contributed by atoms with van der Waals surface area (Å²) in [7, 11) is -3.15. The van der Waals surface area contributed by atoms with Gasteiger partial charge < -0.3 is 15.0 Å². The number of ether oxygens (including phenoxy) is 1. The summed E-state index contributed by atoms with van der Waals surface area (Å²) in [5, 5.41) is 2.94. The molecule has 21 heavy (non-hydrogen) atoms. The largest absolute Gasteiger partial charge is 0.381 e. The van der Waals surface area contributed by atoms with Crippen molar-refractivity contribution in [3.05, 3.63) is 0 Å². The molecule has 1 N–H and O–H groups in total. The van der Waals surface area contributed by atoms with Gasteiger partial charge in [-0.1, -0.05) is 6.92 Å². The standard InChI is InChI=1S/C13H25N3O4S/c1-3-21(18,19)16-7-5-15(6-8-16)12(17)14-10-13(2)4-9-20-11-13/h3-11H2,1-2H3,(H,14,17). The molecule has 0 aromatic carbocycles. The number of nitrogens with one attached hydrogen (secondary N) is 1. The number of hydrogen-bond donors (Lipinski definition) is 1. The third-order valence-electron chi connectivity index (χ3n) is 4.25. The number of carbonyl (C=O) groups excluding carboxylic acids is 1. The third-order valence-corrected chi connectivity index (χ3v) is 6.13. The van der Waals surface area contributed by atoms with Gasteiger partial charge in [0.05, 0.1) is 12.4 Å². The molecule has 1 unspecified atom stereocenters. The third kappa shape index (κ3) is 4.08. The maximum absolute atomic E-state index is 12.1. The summed E-state index contributed by atoms with van der Waals surface area (Å²) in [4.78, 5) is 13.8. The summed E-state index contributed by atoms with van der Waals surface area (Å²) in [6.07, 6.45) is 0.954. The lowest BCUT2D eigenvalue weighted by Crippen LogP contribution is -2.54. The second-order valence-corrected chi connectivity index (χ2v) is 8.32. The molecule has 0 saturated carbocycles. The van der Waals surface area contributed by atoms with E-state index in [9.17, 15) is 13.2 Å². The van der Waals surface area contributed by atoms with E-state index in [2.05, 4.69) is 12.2 Å². The first-order valence-electron chi connectivity index (χ1n) is 7.45. The molecule has 1 atom stereocenters. The lowest BCUT2D eigenvalue weighted by Gasteiger charge is -2.34. The number of nitrogens with zero attached hydrogens (tertiary/aromatic N) is 2. The van der Waals surface area contributed by atoms with Crippen molar-refractivity contribution >= 4 is 16.1 Å². The molecule has 0 aromatic rings. The van der Waals surface area contributed by atoms with E-state index in [0.29, 0.717) is 39.3 Å². The van der Waals surface area contributed by atoms with E-state index < -0.39 is 10.0 Å². The first-order valence-corrected chi connectivity index (χ1v) is 9.06. The Bertz CT molecular complexity index is 466. The highest BCUT2D eigenvalue weighted by Gasteiger charge is 2.32. The van der Waals surface area contributed by atoms with Crippen molar-refractivity contribution in [2.24, 2.45) is 5.41 Å². The van der Waals surface area contributed by atoms with Gasteiger partial charge in [-0.3, -0.25) is 0 Å². The summed E-state index contributed by atoms with van der Waals surface area (Å²) >= 11 is 0. The van der Waals surface area contributed by atoms with Gasteiger partial charge >= 0.3 is 6.03 Å². The van der Waals surface area contributed by atoms with Crippen molar-refractivity contribution in [2.45, 2.75) is 20.3 Å². The van der Waals surface area contributed by atoms with Crippen LogP contribution < -0.4 is 5.32 Å². The number of sulfonamides is 1. The van der Waals surface area contributed by atoms with Gasteiger partial charge in [-0.15, -0.1) is 0 Å². The molecule has 0 radical (unpaired) electrons. The number of rotatable bonds is 4. The number of hydrogen-bond acceptors (Lipinski definition) is 4. The lowest BCUT2D eigenvalue weighted by atomic mass is 9.90. The molecule has 0 aliphatic carbocycles. The normalized spacial score (nSPS) is 27.8. The highest BCUT2D eigenvalue weighted by atomic mass is 32.2. The van der Waals surface area contributed by atoms with Crippen molar-refractivity contribution in [1.82, 2.24) is 14.5 Å². The predicted molar refractivity (Wildman–Crippen MR) is 79.5 cm³/mol. The molecule has 2 amide bonds. The highest BCUT2D eigenvalue weighted by Crippen LogP contribution is 2.26. The molecule has 0 aromatic heterocycles. The van der Waals surface area contributed by atoms with Crippen molar-refractivity contribution in [3.63, 3.8) is 0 Å².